The van der Waals surface area contributed by atoms with Gasteiger partial charge in [0.2, 0.25) is 5.91 Å². The number of carboxylic acids is 1. The smallest absolute Gasteiger partial charge is 0.300 e. The molecule has 0 heterocycles. The quantitative estimate of drug-likeness (QED) is 0.308. The summed E-state index contributed by atoms with van der Waals surface area (Å²) in [5.74, 6) is -0.848. The number of carboxylic acid groups (broad SMARTS) is 1. The van der Waals surface area contributed by atoms with Crippen LogP contribution in [-0.4, -0.2) is 56.5 Å². The van der Waals surface area contributed by atoms with Crippen molar-refractivity contribution in [3.8, 4) is 0 Å². The Labute approximate surface area is 294 Å². The minimum absolute atomic E-state index is 0. The number of carbonyl (C=O) groups is 2. The maximum absolute atomic E-state index is 10.4. The van der Waals surface area contributed by atoms with Crippen LogP contribution in [0, 0.1) is 13.8 Å². The predicted octanol–water partition coefficient (Wildman–Crippen LogP) is 5.93. The van der Waals surface area contributed by atoms with Gasteiger partial charge in [-0.3, -0.25) is 9.59 Å². The number of methoxy groups -OCH3 is 2. The fourth-order valence-corrected chi connectivity index (χ4v) is 2.30. The zero-order valence-corrected chi connectivity index (χ0v) is 30.1. The Morgan fingerprint density at radius 3 is 1.38 bits per heavy atom. The van der Waals surface area contributed by atoms with Crippen molar-refractivity contribution >= 4 is 24.0 Å². The van der Waals surface area contributed by atoms with E-state index in [-0.39, 0.29) is 90.8 Å². The molecule has 0 spiro atoms. The number of ether oxygens (including phenoxy) is 2. The van der Waals surface area contributed by atoms with Gasteiger partial charge in [-0.2, -0.15) is 0 Å². The maximum atomic E-state index is 10.4. The third-order valence-corrected chi connectivity index (χ3v) is 3.52. The Hall–Kier alpha value is -1.31. The first-order valence-electron chi connectivity index (χ1n) is 11.8. The molecule has 0 aliphatic carbocycles. The van der Waals surface area contributed by atoms with Crippen LogP contribution in [0.15, 0.2) is 72.8 Å². The summed E-state index contributed by atoms with van der Waals surface area (Å²) in [7, 11) is 3.25. The Bertz CT molecular complexity index is 783. The van der Waals surface area contributed by atoms with Gasteiger partial charge in [0.1, 0.15) is 0 Å². The van der Waals surface area contributed by atoms with Crippen LogP contribution in [0.4, 0.5) is 0 Å². The van der Waals surface area contributed by atoms with Crippen LogP contribution in [-0.2, 0) is 84.5 Å². The van der Waals surface area contributed by atoms with Gasteiger partial charge in [0.25, 0.3) is 5.97 Å². The molecule has 0 aromatic heterocycles. The molecule has 222 valence electrons. The molecule has 0 fully saturated rings. The molecule has 40 heavy (non-hydrogen) atoms. The zero-order chi connectivity index (χ0) is 28.9. The van der Waals surface area contributed by atoms with E-state index in [0.29, 0.717) is 13.2 Å². The Morgan fingerprint density at radius 1 is 0.850 bits per heavy atom. The van der Waals surface area contributed by atoms with Gasteiger partial charge in [-0.05, 0) is 13.8 Å². The molecule has 0 bridgehead atoms. The van der Waals surface area contributed by atoms with Gasteiger partial charge in [0.15, 0.2) is 0 Å². The number of amides is 1. The third kappa shape index (κ3) is 49.6. The number of allylic oxidation sites excluding steroid dienone is 2. The first-order chi connectivity index (χ1) is 17.5. The number of carbonyl (C=O) groups excluding carboxylic acids is 1. The first kappa shape index (κ1) is 51.4. The topological polar surface area (TPSA) is 111 Å². The van der Waals surface area contributed by atoms with Crippen LogP contribution in [0.3, 0.4) is 0 Å². The van der Waals surface area contributed by atoms with E-state index in [2.05, 4.69) is 23.9 Å². The molecule has 2 unspecified atom stereocenters. The summed E-state index contributed by atoms with van der Waals surface area (Å²) in [6.45, 7) is 14.8. The van der Waals surface area contributed by atoms with Crippen LogP contribution in [0.25, 0.3) is 12.2 Å². The Morgan fingerprint density at radius 2 is 1.18 bits per heavy atom. The zero-order valence-electron chi connectivity index (χ0n) is 24.4. The summed E-state index contributed by atoms with van der Waals surface area (Å²) < 4.78 is 9.47. The van der Waals surface area contributed by atoms with E-state index in [0.717, 1.165) is 6.92 Å². The number of nitrogens with two attached hydrogens (primary N) is 1. The molecular weight excluding hydrogens is 658 g/mol. The Balaban J connectivity index is -0.0000000909. The molecule has 4 N–H and O–H groups in total. The van der Waals surface area contributed by atoms with E-state index in [9.17, 15) is 4.79 Å². The molecule has 2 aromatic rings. The first-order valence-corrected chi connectivity index (χ1v) is 11.8. The summed E-state index contributed by atoms with van der Waals surface area (Å²) in [6.07, 6.45) is 7.52. The minimum Gasteiger partial charge on any atom is -0.481 e. The molecule has 2 atom stereocenters. The molecule has 0 aliphatic heterocycles. The summed E-state index contributed by atoms with van der Waals surface area (Å²) >= 11 is 0. The van der Waals surface area contributed by atoms with Crippen LogP contribution >= 0.6 is 0 Å². The molecular formula is C31H50N2O5Y2-2. The molecule has 9 heteroatoms. The van der Waals surface area contributed by atoms with E-state index < -0.39 is 5.97 Å². The molecule has 2 radical (unpaired) electrons. The van der Waals surface area contributed by atoms with E-state index in [1.165, 1.54) is 18.1 Å². The average Bonchev–Trinajstić information content (AvgIpc) is 2.81. The predicted molar refractivity (Wildman–Crippen MR) is 162 cm³/mol. The average molecular weight is 709 g/mol. The van der Waals surface area contributed by atoms with Crippen LogP contribution < -0.4 is 11.1 Å². The molecule has 2 rings (SSSR count). The maximum Gasteiger partial charge on any atom is 0.300 e. The number of aliphatic carboxylic acids is 1. The summed E-state index contributed by atoms with van der Waals surface area (Å²) in [5, 5.41) is 10.1. The van der Waals surface area contributed by atoms with Gasteiger partial charge in [-0.1, -0.05) is 68.1 Å². The van der Waals surface area contributed by atoms with Crippen molar-refractivity contribution in [2.75, 3.05) is 27.4 Å². The number of nitrogens with one attached hydrogen (secondary N) is 1. The summed E-state index contributed by atoms with van der Waals surface area (Å²) in [5.41, 5.74) is 7.68. The molecule has 0 saturated carbocycles. The van der Waals surface area contributed by atoms with E-state index in [1.807, 2.05) is 86.7 Å². The monoisotopic (exact) mass is 708 g/mol. The number of rotatable bonds is 7. The van der Waals surface area contributed by atoms with E-state index >= 15 is 0 Å². The van der Waals surface area contributed by atoms with Crippen molar-refractivity contribution < 1.29 is 89.6 Å². The fraction of sp³-hybridized carbons (Fsp3) is 0.355. The van der Waals surface area contributed by atoms with Gasteiger partial charge in [-0.25, -0.2) is 38.2 Å². The van der Waals surface area contributed by atoms with Gasteiger partial charge < -0.3 is 25.6 Å². The summed E-state index contributed by atoms with van der Waals surface area (Å²) in [6, 6.07) is 20.5. The molecule has 7 nitrogen and oxygen atoms in total. The van der Waals surface area contributed by atoms with Crippen molar-refractivity contribution in [3.63, 3.8) is 0 Å². The standard InChI is InChI=1S/2C9H9.C6H13NO2.C4H11NO.C2H4O2.CH4.2Y/c2*1-2-6-9-7-4-3-5-8-9;1-5(4-9-3)7-6(2)8;1-4(5)3-6-2;1-2(3)4;;;/h2*2-8H,1H2;5H,4H2,1-3H3,(H,7,8);4H,3,5H2,1-2H3;1H3,(H,3,4);1H4;;/q2*-1;;;;;;/b2*6-2-;;;;;;. The van der Waals surface area contributed by atoms with Crippen LogP contribution in [0.1, 0.15) is 46.2 Å². The van der Waals surface area contributed by atoms with E-state index in [1.54, 1.807) is 26.4 Å². The van der Waals surface area contributed by atoms with Crippen molar-refractivity contribution in [3.05, 3.63) is 97.8 Å². The van der Waals surface area contributed by atoms with Gasteiger partial charge in [-0.15, -0.1) is 11.1 Å². The molecule has 0 saturated heterocycles. The van der Waals surface area contributed by atoms with Crippen molar-refractivity contribution in [1.82, 2.24) is 5.32 Å². The second kappa shape index (κ2) is 39.8. The largest absolute Gasteiger partial charge is 0.481 e. The molecule has 2 aromatic carbocycles. The van der Waals surface area contributed by atoms with Gasteiger partial charge in [0.05, 0.1) is 13.2 Å². The van der Waals surface area contributed by atoms with Crippen molar-refractivity contribution in [2.45, 2.75) is 47.2 Å². The Kier molecular flexibility index (Phi) is 51.2. The minimum atomic E-state index is -0.833. The number of benzene rings is 2. The summed E-state index contributed by atoms with van der Waals surface area (Å²) in [4.78, 5) is 19.4. The number of hydrogen-bond acceptors (Lipinski definition) is 5. The van der Waals surface area contributed by atoms with Crippen molar-refractivity contribution in [2.24, 2.45) is 5.73 Å². The molecule has 0 aliphatic rings. The number of hydrogen-bond donors (Lipinski definition) is 3. The van der Waals surface area contributed by atoms with E-state index in [4.69, 9.17) is 20.4 Å². The van der Waals surface area contributed by atoms with Gasteiger partial charge >= 0.3 is 0 Å². The second-order valence-corrected chi connectivity index (χ2v) is 7.63. The van der Waals surface area contributed by atoms with Crippen LogP contribution in [0.2, 0.25) is 0 Å². The fourth-order valence-electron chi connectivity index (χ4n) is 2.30. The van der Waals surface area contributed by atoms with Gasteiger partial charge in [0, 0.05) is 106 Å². The third-order valence-electron chi connectivity index (χ3n) is 3.52. The second-order valence-electron chi connectivity index (χ2n) is 7.63. The molecule has 1 amide bonds. The van der Waals surface area contributed by atoms with Crippen molar-refractivity contribution in [1.29, 1.82) is 0 Å². The SMILES string of the molecule is C.CC(=O)O.COCC(C)N.COCC(C)NC(C)=O.[CH2-]/C=C\c1ccccc1.[CH2-]/C=C\c1ccccc1.[Y].[Y]. The van der Waals surface area contributed by atoms with Crippen LogP contribution in [0.5, 0.6) is 0 Å². The normalized spacial score (nSPS) is 10.3.